The Bertz CT molecular complexity index is 274. The number of nitrogens with zero attached hydrogens (tertiary/aromatic N) is 3. The van der Waals surface area contributed by atoms with Gasteiger partial charge in [0, 0.05) is 25.9 Å². The van der Waals surface area contributed by atoms with Crippen LogP contribution in [0.2, 0.25) is 0 Å². The van der Waals surface area contributed by atoms with Crippen LogP contribution in [0.3, 0.4) is 0 Å². The van der Waals surface area contributed by atoms with Crippen molar-refractivity contribution >= 4 is 5.91 Å². The van der Waals surface area contributed by atoms with Crippen LogP contribution in [0.4, 0.5) is 0 Å². The zero-order valence-electron chi connectivity index (χ0n) is 8.85. The lowest BCUT2D eigenvalue weighted by molar-refractivity contribution is -0.125. The number of ether oxygens (including phenoxy) is 1. The van der Waals surface area contributed by atoms with Crippen LogP contribution in [0.5, 0.6) is 0 Å². The summed E-state index contributed by atoms with van der Waals surface area (Å²) in [6, 6.07) is 0. The average Bonchev–Trinajstić information content (AvgIpc) is 2.74. The second kappa shape index (κ2) is 6.94. The normalized spacial score (nSPS) is 10.2. The summed E-state index contributed by atoms with van der Waals surface area (Å²) in [5.74, 6) is -0.0737. The minimum atomic E-state index is -0.0737. The summed E-state index contributed by atoms with van der Waals surface area (Å²) in [7, 11) is 0. The molecule has 0 fully saturated rings. The van der Waals surface area contributed by atoms with Crippen LogP contribution in [0.25, 0.3) is 0 Å². The Labute approximate surface area is 88.6 Å². The molecule has 0 bridgehead atoms. The zero-order chi connectivity index (χ0) is 10.9. The van der Waals surface area contributed by atoms with E-state index in [4.69, 9.17) is 4.74 Å². The van der Waals surface area contributed by atoms with Crippen LogP contribution in [-0.4, -0.2) is 40.7 Å². The summed E-state index contributed by atoms with van der Waals surface area (Å²) < 4.78 is 6.69. The summed E-state index contributed by atoms with van der Waals surface area (Å²) in [4.78, 5) is 11.1. The van der Waals surface area contributed by atoms with E-state index in [1.54, 1.807) is 17.1 Å². The topological polar surface area (TPSA) is 69.0 Å². The molecule has 0 spiro atoms. The van der Waals surface area contributed by atoms with E-state index in [1.807, 2.05) is 6.92 Å². The van der Waals surface area contributed by atoms with Crippen molar-refractivity contribution in [2.75, 3.05) is 19.8 Å². The van der Waals surface area contributed by atoms with E-state index < -0.39 is 0 Å². The molecular formula is C9H16N4O2. The molecule has 0 atom stereocenters. The fraction of sp³-hybridized carbons (Fsp3) is 0.667. The third kappa shape index (κ3) is 5.11. The standard InChI is InChI=1S/C9H16N4O2/c1-2-15-8-9(14)10-4-3-6-13-7-5-11-12-13/h5,7H,2-4,6,8H2,1H3,(H,10,14). The van der Waals surface area contributed by atoms with Gasteiger partial charge >= 0.3 is 0 Å². The Morgan fingerprint density at radius 1 is 1.60 bits per heavy atom. The first kappa shape index (κ1) is 11.6. The molecule has 0 radical (unpaired) electrons. The highest BCUT2D eigenvalue weighted by Crippen LogP contribution is 1.85. The van der Waals surface area contributed by atoms with Gasteiger partial charge in [0.25, 0.3) is 0 Å². The number of amides is 1. The molecule has 1 aromatic rings. The first-order valence-electron chi connectivity index (χ1n) is 5.01. The number of hydrogen-bond acceptors (Lipinski definition) is 4. The van der Waals surface area contributed by atoms with E-state index >= 15 is 0 Å². The number of carbonyl (C=O) groups excluding carboxylic acids is 1. The van der Waals surface area contributed by atoms with Crippen molar-refractivity contribution in [2.24, 2.45) is 0 Å². The molecule has 84 valence electrons. The molecule has 15 heavy (non-hydrogen) atoms. The zero-order valence-corrected chi connectivity index (χ0v) is 8.85. The lowest BCUT2D eigenvalue weighted by atomic mass is 10.4. The second-order valence-electron chi connectivity index (χ2n) is 3.01. The third-order valence-electron chi connectivity index (χ3n) is 1.80. The highest BCUT2D eigenvalue weighted by atomic mass is 16.5. The van der Waals surface area contributed by atoms with Crippen LogP contribution < -0.4 is 5.32 Å². The fourth-order valence-corrected chi connectivity index (χ4v) is 1.07. The Hall–Kier alpha value is -1.43. The third-order valence-corrected chi connectivity index (χ3v) is 1.80. The predicted molar refractivity (Wildman–Crippen MR) is 54.1 cm³/mol. The van der Waals surface area contributed by atoms with E-state index in [0.717, 1.165) is 13.0 Å². The number of rotatable bonds is 7. The summed E-state index contributed by atoms with van der Waals surface area (Å²) >= 11 is 0. The maximum absolute atomic E-state index is 11.1. The minimum Gasteiger partial charge on any atom is -0.372 e. The van der Waals surface area contributed by atoms with Gasteiger partial charge in [0.15, 0.2) is 0 Å². The molecule has 0 saturated carbocycles. The van der Waals surface area contributed by atoms with E-state index in [-0.39, 0.29) is 12.5 Å². The molecular weight excluding hydrogens is 196 g/mol. The van der Waals surface area contributed by atoms with Gasteiger partial charge in [-0.05, 0) is 13.3 Å². The SMILES string of the molecule is CCOCC(=O)NCCCn1ccnn1. The molecule has 0 aliphatic carbocycles. The molecule has 6 nitrogen and oxygen atoms in total. The minimum absolute atomic E-state index is 0.0737. The molecule has 1 N–H and O–H groups in total. The van der Waals surface area contributed by atoms with Crippen molar-refractivity contribution in [3.63, 3.8) is 0 Å². The summed E-state index contributed by atoms with van der Waals surface area (Å²) in [5.41, 5.74) is 0. The highest BCUT2D eigenvalue weighted by molar-refractivity contribution is 5.77. The molecule has 0 unspecified atom stereocenters. The largest absolute Gasteiger partial charge is 0.372 e. The first-order valence-corrected chi connectivity index (χ1v) is 5.01. The van der Waals surface area contributed by atoms with Crippen LogP contribution >= 0.6 is 0 Å². The van der Waals surface area contributed by atoms with Gasteiger partial charge in [-0.2, -0.15) is 0 Å². The molecule has 1 aromatic heterocycles. The van der Waals surface area contributed by atoms with Gasteiger partial charge in [-0.15, -0.1) is 5.10 Å². The van der Waals surface area contributed by atoms with Gasteiger partial charge in [-0.1, -0.05) is 5.21 Å². The maximum atomic E-state index is 11.1. The number of carbonyl (C=O) groups is 1. The lowest BCUT2D eigenvalue weighted by Gasteiger charge is -2.04. The van der Waals surface area contributed by atoms with Crippen LogP contribution in [-0.2, 0) is 16.1 Å². The molecule has 0 aliphatic heterocycles. The molecule has 1 amide bonds. The predicted octanol–water partition coefficient (Wildman–Crippen LogP) is -0.179. The summed E-state index contributed by atoms with van der Waals surface area (Å²) in [5, 5.41) is 10.2. The quantitative estimate of drug-likeness (QED) is 0.637. The van der Waals surface area contributed by atoms with Gasteiger partial charge < -0.3 is 10.1 Å². The van der Waals surface area contributed by atoms with Crippen LogP contribution in [0, 0.1) is 0 Å². The van der Waals surface area contributed by atoms with Gasteiger partial charge in [0.05, 0.1) is 6.20 Å². The molecule has 6 heteroatoms. The number of aromatic nitrogens is 3. The molecule has 1 rings (SSSR count). The smallest absolute Gasteiger partial charge is 0.245 e. The Morgan fingerprint density at radius 2 is 2.47 bits per heavy atom. The number of aryl methyl sites for hydroxylation is 1. The van der Waals surface area contributed by atoms with Gasteiger partial charge in [-0.3, -0.25) is 9.48 Å². The van der Waals surface area contributed by atoms with Gasteiger partial charge in [0.2, 0.25) is 5.91 Å². The van der Waals surface area contributed by atoms with E-state index in [1.165, 1.54) is 0 Å². The van der Waals surface area contributed by atoms with Crippen molar-refractivity contribution in [1.82, 2.24) is 20.3 Å². The van der Waals surface area contributed by atoms with E-state index in [0.29, 0.717) is 13.2 Å². The average molecular weight is 212 g/mol. The Balaban J connectivity index is 1.99. The molecule has 0 aliphatic rings. The summed E-state index contributed by atoms with van der Waals surface area (Å²) in [6.07, 6.45) is 4.26. The van der Waals surface area contributed by atoms with Crippen molar-refractivity contribution in [1.29, 1.82) is 0 Å². The first-order chi connectivity index (χ1) is 7.33. The van der Waals surface area contributed by atoms with Crippen LogP contribution in [0.15, 0.2) is 12.4 Å². The van der Waals surface area contributed by atoms with Crippen molar-refractivity contribution in [3.05, 3.63) is 12.4 Å². The van der Waals surface area contributed by atoms with Crippen molar-refractivity contribution < 1.29 is 9.53 Å². The lowest BCUT2D eigenvalue weighted by Crippen LogP contribution is -2.29. The second-order valence-corrected chi connectivity index (χ2v) is 3.01. The van der Waals surface area contributed by atoms with Gasteiger partial charge in [-0.25, -0.2) is 0 Å². The number of hydrogen-bond donors (Lipinski definition) is 1. The Morgan fingerprint density at radius 3 is 3.13 bits per heavy atom. The Kier molecular flexibility index (Phi) is 5.39. The number of nitrogens with one attached hydrogen (secondary N) is 1. The van der Waals surface area contributed by atoms with Crippen LogP contribution in [0.1, 0.15) is 13.3 Å². The monoisotopic (exact) mass is 212 g/mol. The van der Waals surface area contributed by atoms with E-state index in [2.05, 4.69) is 15.6 Å². The van der Waals surface area contributed by atoms with Crippen molar-refractivity contribution in [2.45, 2.75) is 19.9 Å². The summed E-state index contributed by atoms with van der Waals surface area (Å²) in [6.45, 7) is 3.95. The maximum Gasteiger partial charge on any atom is 0.245 e. The fourth-order valence-electron chi connectivity index (χ4n) is 1.07. The van der Waals surface area contributed by atoms with E-state index in [9.17, 15) is 4.79 Å². The van der Waals surface area contributed by atoms with Crippen molar-refractivity contribution in [3.8, 4) is 0 Å². The highest BCUT2D eigenvalue weighted by Gasteiger charge is 1.99. The molecule has 0 aromatic carbocycles. The molecule has 1 heterocycles. The molecule has 0 saturated heterocycles. The van der Waals surface area contributed by atoms with Gasteiger partial charge in [0.1, 0.15) is 6.61 Å².